The van der Waals surface area contributed by atoms with Gasteiger partial charge in [0.1, 0.15) is 6.04 Å². The Morgan fingerprint density at radius 1 is 1.69 bits per heavy atom. The number of nitrogens with one attached hydrogen (secondary N) is 2. The van der Waals surface area contributed by atoms with Crippen LogP contribution in [0, 0.1) is 0 Å². The van der Waals surface area contributed by atoms with Gasteiger partial charge in [-0.15, -0.1) is 0 Å². The molecule has 2 rings (SSSR count). The Morgan fingerprint density at radius 3 is 3.08 bits per heavy atom. The summed E-state index contributed by atoms with van der Waals surface area (Å²) in [7, 11) is 1.83. The van der Waals surface area contributed by atoms with Gasteiger partial charge in [0.2, 0.25) is 5.91 Å². The minimum absolute atomic E-state index is 0.0747. The van der Waals surface area contributed by atoms with Gasteiger partial charge in [0.25, 0.3) is 0 Å². The Balaban J connectivity index is 1.91. The van der Waals surface area contributed by atoms with Crippen LogP contribution in [-0.2, 0) is 4.79 Å². The van der Waals surface area contributed by atoms with Crippen molar-refractivity contribution in [2.75, 3.05) is 26.7 Å². The number of likely N-dealkylation sites (tertiary alicyclic amines) is 1. The van der Waals surface area contributed by atoms with E-state index in [0.29, 0.717) is 0 Å². The van der Waals surface area contributed by atoms with Crippen molar-refractivity contribution in [1.29, 1.82) is 0 Å². The summed E-state index contributed by atoms with van der Waals surface area (Å²) < 4.78 is 0. The fourth-order valence-electron chi connectivity index (χ4n) is 1.62. The van der Waals surface area contributed by atoms with Crippen LogP contribution < -0.4 is 10.6 Å². The minimum Gasteiger partial charge on any atom is -0.355 e. The van der Waals surface area contributed by atoms with E-state index in [1.807, 2.05) is 7.05 Å². The van der Waals surface area contributed by atoms with E-state index < -0.39 is 0 Å². The Hall–Kier alpha value is -1.26. The molecule has 0 aromatic heterocycles. The van der Waals surface area contributed by atoms with Crippen molar-refractivity contribution in [3.05, 3.63) is 0 Å². The van der Waals surface area contributed by atoms with Crippen LogP contribution in [0.25, 0.3) is 0 Å². The van der Waals surface area contributed by atoms with Crippen molar-refractivity contribution < 1.29 is 4.79 Å². The van der Waals surface area contributed by atoms with E-state index >= 15 is 0 Å². The first-order chi connectivity index (χ1) is 6.27. The van der Waals surface area contributed by atoms with E-state index in [0.717, 1.165) is 32.0 Å². The average Bonchev–Trinajstić information content (AvgIpc) is 2.71. The third-order valence-corrected chi connectivity index (χ3v) is 2.41. The molecule has 0 aromatic carbocycles. The molecular weight excluding hydrogens is 168 g/mol. The van der Waals surface area contributed by atoms with Crippen LogP contribution in [0.3, 0.4) is 0 Å². The van der Waals surface area contributed by atoms with Crippen molar-refractivity contribution >= 4 is 11.9 Å². The first kappa shape index (κ1) is 8.34. The predicted octanol–water partition coefficient (Wildman–Crippen LogP) is -1.23. The smallest absolute Gasteiger partial charge is 0.244 e. The molecule has 13 heavy (non-hydrogen) atoms. The van der Waals surface area contributed by atoms with E-state index in [-0.39, 0.29) is 11.9 Å². The Bertz CT molecular complexity index is 251. The number of aliphatic imine (C=N–C) groups is 1. The quantitative estimate of drug-likeness (QED) is 0.533. The second-order valence-corrected chi connectivity index (χ2v) is 3.40. The number of guanidine groups is 1. The molecule has 2 heterocycles. The molecular formula is C8H14N4O. The van der Waals surface area contributed by atoms with Crippen molar-refractivity contribution in [2.24, 2.45) is 4.99 Å². The van der Waals surface area contributed by atoms with Crippen LogP contribution in [0.2, 0.25) is 0 Å². The number of amides is 1. The van der Waals surface area contributed by atoms with Gasteiger partial charge in [-0.25, -0.2) is 0 Å². The topological polar surface area (TPSA) is 56.7 Å². The zero-order valence-corrected chi connectivity index (χ0v) is 7.71. The summed E-state index contributed by atoms with van der Waals surface area (Å²) in [6.45, 7) is 2.52. The van der Waals surface area contributed by atoms with Crippen LogP contribution >= 0.6 is 0 Å². The summed E-state index contributed by atoms with van der Waals surface area (Å²) in [5.41, 5.74) is 0. The molecule has 2 aliphatic heterocycles. The molecule has 0 bridgehead atoms. The van der Waals surface area contributed by atoms with Gasteiger partial charge in [-0.05, 0) is 6.42 Å². The zero-order valence-electron chi connectivity index (χ0n) is 7.71. The molecule has 2 N–H and O–H groups in total. The fraction of sp³-hybridized carbons (Fsp3) is 0.750. The van der Waals surface area contributed by atoms with E-state index in [9.17, 15) is 4.79 Å². The van der Waals surface area contributed by atoms with E-state index in [4.69, 9.17) is 0 Å². The fourth-order valence-corrected chi connectivity index (χ4v) is 1.62. The second kappa shape index (κ2) is 3.24. The molecule has 2 aliphatic rings. The van der Waals surface area contributed by atoms with Crippen molar-refractivity contribution in [3.63, 3.8) is 0 Å². The highest BCUT2D eigenvalue weighted by Crippen LogP contribution is 2.08. The van der Waals surface area contributed by atoms with Crippen LogP contribution in [0.5, 0.6) is 0 Å². The molecule has 0 radical (unpaired) electrons. The standard InChI is InChI=1S/C8H14N4O/c1-12-5-2-6(7(12)13)11-8-9-3-4-10-8/h6H,2-5H2,1H3,(H2,9,10,11). The number of carbonyl (C=O) groups excluding carboxylic acids is 1. The maximum atomic E-state index is 11.5. The summed E-state index contributed by atoms with van der Waals surface area (Å²) in [6, 6.07) is -0.0747. The minimum atomic E-state index is -0.0747. The van der Waals surface area contributed by atoms with Gasteiger partial charge in [0.05, 0.1) is 6.54 Å². The highest BCUT2D eigenvalue weighted by Gasteiger charge is 2.29. The molecule has 5 nitrogen and oxygen atoms in total. The number of carbonyl (C=O) groups is 1. The Labute approximate surface area is 77.2 Å². The lowest BCUT2D eigenvalue weighted by Crippen LogP contribution is -2.44. The number of rotatable bonds is 1. The van der Waals surface area contributed by atoms with Crippen LogP contribution in [0.15, 0.2) is 4.99 Å². The number of likely N-dealkylation sites (N-methyl/N-ethyl adjacent to an activating group) is 1. The predicted molar refractivity (Wildman–Crippen MR) is 49.5 cm³/mol. The van der Waals surface area contributed by atoms with Crippen molar-refractivity contribution in [1.82, 2.24) is 15.5 Å². The number of hydrogen-bond acceptors (Lipinski definition) is 4. The van der Waals surface area contributed by atoms with Crippen LogP contribution in [0.1, 0.15) is 6.42 Å². The summed E-state index contributed by atoms with van der Waals surface area (Å²) in [5.74, 6) is 0.935. The van der Waals surface area contributed by atoms with Gasteiger partial charge in [-0.2, -0.15) is 0 Å². The third-order valence-electron chi connectivity index (χ3n) is 2.41. The summed E-state index contributed by atoms with van der Waals surface area (Å²) >= 11 is 0. The lowest BCUT2D eigenvalue weighted by Gasteiger charge is -2.12. The molecule has 5 heteroatoms. The monoisotopic (exact) mass is 182 g/mol. The lowest BCUT2D eigenvalue weighted by atomic mass is 10.2. The van der Waals surface area contributed by atoms with Gasteiger partial charge in [0, 0.05) is 20.1 Å². The molecule has 0 aromatic rings. The van der Waals surface area contributed by atoms with Crippen molar-refractivity contribution in [2.45, 2.75) is 12.5 Å². The normalized spacial score (nSPS) is 27.5. The molecule has 1 atom stereocenters. The third kappa shape index (κ3) is 1.59. The molecule has 0 aliphatic carbocycles. The SMILES string of the molecule is CN1CCC(NC2=NCCN2)C1=O. The molecule has 1 saturated heterocycles. The summed E-state index contributed by atoms with van der Waals surface area (Å²) in [6.07, 6.45) is 0.871. The summed E-state index contributed by atoms with van der Waals surface area (Å²) in [5, 5.41) is 6.19. The largest absolute Gasteiger partial charge is 0.355 e. The lowest BCUT2D eigenvalue weighted by molar-refractivity contribution is -0.127. The number of hydrogen-bond donors (Lipinski definition) is 2. The van der Waals surface area contributed by atoms with Gasteiger partial charge in [-0.1, -0.05) is 0 Å². The van der Waals surface area contributed by atoms with Crippen molar-refractivity contribution in [3.8, 4) is 0 Å². The average molecular weight is 182 g/mol. The van der Waals surface area contributed by atoms with E-state index in [1.54, 1.807) is 4.90 Å². The molecule has 1 unspecified atom stereocenters. The van der Waals surface area contributed by atoms with Gasteiger partial charge < -0.3 is 15.5 Å². The molecule has 1 amide bonds. The molecule has 0 saturated carbocycles. The molecule has 1 fully saturated rings. The Kier molecular flexibility index (Phi) is 2.08. The molecule has 72 valence electrons. The van der Waals surface area contributed by atoms with Crippen LogP contribution in [-0.4, -0.2) is 49.5 Å². The van der Waals surface area contributed by atoms with Crippen LogP contribution in [0.4, 0.5) is 0 Å². The van der Waals surface area contributed by atoms with Gasteiger partial charge >= 0.3 is 0 Å². The molecule has 0 spiro atoms. The van der Waals surface area contributed by atoms with Gasteiger partial charge in [-0.3, -0.25) is 9.79 Å². The maximum absolute atomic E-state index is 11.5. The van der Waals surface area contributed by atoms with E-state index in [2.05, 4.69) is 15.6 Å². The second-order valence-electron chi connectivity index (χ2n) is 3.40. The first-order valence-corrected chi connectivity index (χ1v) is 4.57. The highest BCUT2D eigenvalue weighted by atomic mass is 16.2. The first-order valence-electron chi connectivity index (χ1n) is 4.57. The Morgan fingerprint density at radius 2 is 2.54 bits per heavy atom. The highest BCUT2D eigenvalue weighted by molar-refractivity contribution is 5.90. The maximum Gasteiger partial charge on any atom is 0.244 e. The van der Waals surface area contributed by atoms with E-state index in [1.165, 1.54) is 0 Å². The van der Waals surface area contributed by atoms with Gasteiger partial charge in [0.15, 0.2) is 5.96 Å². The number of nitrogens with zero attached hydrogens (tertiary/aromatic N) is 2. The zero-order chi connectivity index (χ0) is 9.26. The summed E-state index contributed by atoms with van der Waals surface area (Å²) in [4.78, 5) is 17.4.